The summed E-state index contributed by atoms with van der Waals surface area (Å²) < 4.78 is 5.70. The van der Waals surface area contributed by atoms with Gasteiger partial charge in [0.15, 0.2) is 5.17 Å². The Labute approximate surface area is 109 Å². The maximum atomic E-state index is 5.70. The number of hydrogen-bond donors (Lipinski definition) is 1. The summed E-state index contributed by atoms with van der Waals surface area (Å²) in [5, 5.41) is 4.73. The van der Waals surface area contributed by atoms with E-state index in [9.17, 15) is 0 Å². The van der Waals surface area contributed by atoms with Gasteiger partial charge in [0.1, 0.15) is 0 Å². The molecule has 1 unspecified atom stereocenters. The van der Waals surface area contributed by atoms with Gasteiger partial charge in [0.25, 0.3) is 0 Å². The number of aliphatic imine (C=N–C) groups is 1. The number of hydrogen-bond acceptors (Lipinski definition) is 3. The van der Waals surface area contributed by atoms with Crippen molar-refractivity contribution < 1.29 is 4.74 Å². The van der Waals surface area contributed by atoms with Crippen molar-refractivity contribution in [3.05, 3.63) is 0 Å². The molecule has 2 aliphatic heterocycles. The first kappa shape index (κ1) is 13.2. The minimum Gasteiger partial charge on any atom is -0.376 e. The van der Waals surface area contributed by atoms with E-state index in [0.29, 0.717) is 6.10 Å². The van der Waals surface area contributed by atoms with Crippen LogP contribution in [0.3, 0.4) is 0 Å². The van der Waals surface area contributed by atoms with Gasteiger partial charge < -0.3 is 10.1 Å². The average Bonchev–Trinajstić information content (AvgIpc) is 2.82. The summed E-state index contributed by atoms with van der Waals surface area (Å²) in [6.45, 7) is 6.26. The molecule has 0 aliphatic carbocycles. The molecule has 3 nitrogen and oxygen atoms in total. The van der Waals surface area contributed by atoms with Crippen LogP contribution < -0.4 is 5.32 Å². The Morgan fingerprint density at radius 1 is 1.41 bits per heavy atom. The Morgan fingerprint density at radius 2 is 2.24 bits per heavy atom. The highest BCUT2D eigenvalue weighted by Gasteiger charge is 2.33. The number of amidine groups is 1. The summed E-state index contributed by atoms with van der Waals surface area (Å²) in [7, 11) is 0. The van der Waals surface area contributed by atoms with Crippen molar-refractivity contribution in [1.29, 1.82) is 0 Å². The molecule has 0 amide bonds. The molecule has 1 atom stereocenters. The van der Waals surface area contributed by atoms with Crippen LogP contribution in [0.4, 0.5) is 0 Å². The summed E-state index contributed by atoms with van der Waals surface area (Å²) in [6, 6.07) is 0. The molecule has 0 spiro atoms. The zero-order chi connectivity index (χ0) is 12.1. The Balaban J connectivity index is 1.82. The highest BCUT2D eigenvalue weighted by atomic mass is 32.2. The monoisotopic (exact) mass is 256 g/mol. The molecule has 2 aliphatic rings. The number of nitrogens with zero attached hydrogens (tertiary/aromatic N) is 1. The topological polar surface area (TPSA) is 33.6 Å². The Morgan fingerprint density at radius 3 is 2.82 bits per heavy atom. The number of ether oxygens (including phenoxy) is 1. The van der Waals surface area contributed by atoms with Gasteiger partial charge in [-0.2, -0.15) is 0 Å². The SMILES string of the molecule is CCC1(CC)CSC(=NCC2CCCCO2)N1. The van der Waals surface area contributed by atoms with Gasteiger partial charge in [-0.25, -0.2) is 0 Å². The van der Waals surface area contributed by atoms with E-state index in [-0.39, 0.29) is 5.54 Å². The number of thioether (sulfide) groups is 1. The van der Waals surface area contributed by atoms with Crippen molar-refractivity contribution in [2.75, 3.05) is 18.9 Å². The maximum Gasteiger partial charge on any atom is 0.157 e. The molecule has 17 heavy (non-hydrogen) atoms. The first-order chi connectivity index (χ1) is 8.28. The molecule has 0 radical (unpaired) electrons. The molecular weight excluding hydrogens is 232 g/mol. The van der Waals surface area contributed by atoms with Crippen LogP contribution in [-0.2, 0) is 4.74 Å². The lowest BCUT2D eigenvalue weighted by atomic mass is 9.96. The van der Waals surface area contributed by atoms with Gasteiger partial charge in [-0.15, -0.1) is 0 Å². The third-order valence-electron chi connectivity index (χ3n) is 3.92. The van der Waals surface area contributed by atoms with E-state index in [1.54, 1.807) is 0 Å². The molecule has 2 saturated heterocycles. The molecule has 2 fully saturated rings. The smallest absolute Gasteiger partial charge is 0.157 e. The summed E-state index contributed by atoms with van der Waals surface area (Å²) in [4.78, 5) is 4.68. The van der Waals surface area contributed by atoms with Crippen molar-refractivity contribution in [2.24, 2.45) is 4.99 Å². The van der Waals surface area contributed by atoms with Crippen molar-refractivity contribution >= 4 is 16.9 Å². The highest BCUT2D eigenvalue weighted by Crippen LogP contribution is 2.29. The largest absolute Gasteiger partial charge is 0.376 e. The molecular formula is C13H24N2OS. The molecule has 0 aromatic rings. The lowest BCUT2D eigenvalue weighted by molar-refractivity contribution is 0.0225. The third kappa shape index (κ3) is 3.38. The Kier molecular flexibility index (Phi) is 4.74. The molecule has 0 saturated carbocycles. The van der Waals surface area contributed by atoms with Gasteiger partial charge in [-0.3, -0.25) is 4.99 Å². The summed E-state index contributed by atoms with van der Waals surface area (Å²) in [5.74, 6) is 1.16. The van der Waals surface area contributed by atoms with Gasteiger partial charge in [0, 0.05) is 17.9 Å². The Hall–Kier alpha value is -0.220. The van der Waals surface area contributed by atoms with Crippen LogP contribution in [0.15, 0.2) is 4.99 Å². The van der Waals surface area contributed by atoms with Crippen molar-refractivity contribution in [2.45, 2.75) is 57.6 Å². The summed E-state index contributed by atoms with van der Waals surface area (Å²) in [6.07, 6.45) is 6.40. The molecule has 4 heteroatoms. The van der Waals surface area contributed by atoms with Crippen LogP contribution in [0.2, 0.25) is 0 Å². The zero-order valence-corrected chi connectivity index (χ0v) is 11.8. The van der Waals surface area contributed by atoms with Gasteiger partial charge in [0.2, 0.25) is 0 Å². The lowest BCUT2D eigenvalue weighted by Crippen LogP contribution is -2.42. The van der Waals surface area contributed by atoms with Crippen LogP contribution in [0.25, 0.3) is 0 Å². The standard InChI is InChI=1S/C13H24N2OS/c1-3-13(4-2)10-17-12(15-13)14-9-11-7-5-6-8-16-11/h11H,3-10H2,1-2H3,(H,14,15). The maximum absolute atomic E-state index is 5.70. The molecule has 98 valence electrons. The fourth-order valence-electron chi connectivity index (χ4n) is 2.36. The highest BCUT2D eigenvalue weighted by molar-refractivity contribution is 8.14. The molecule has 0 aromatic carbocycles. The van der Waals surface area contributed by atoms with Crippen molar-refractivity contribution in [3.63, 3.8) is 0 Å². The van der Waals surface area contributed by atoms with Crippen LogP contribution in [0, 0.1) is 0 Å². The van der Waals surface area contributed by atoms with Crippen molar-refractivity contribution in [1.82, 2.24) is 5.32 Å². The quantitative estimate of drug-likeness (QED) is 0.840. The van der Waals surface area contributed by atoms with E-state index in [0.717, 1.165) is 24.1 Å². The molecule has 2 rings (SSSR count). The van der Waals surface area contributed by atoms with Crippen LogP contribution >= 0.6 is 11.8 Å². The zero-order valence-electron chi connectivity index (χ0n) is 11.0. The first-order valence-electron chi connectivity index (χ1n) is 6.85. The van der Waals surface area contributed by atoms with Crippen molar-refractivity contribution in [3.8, 4) is 0 Å². The second-order valence-electron chi connectivity index (χ2n) is 5.04. The second kappa shape index (κ2) is 6.10. The second-order valence-corrected chi connectivity index (χ2v) is 6.00. The van der Waals surface area contributed by atoms with E-state index >= 15 is 0 Å². The summed E-state index contributed by atoms with van der Waals surface area (Å²) >= 11 is 1.87. The number of nitrogens with one attached hydrogen (secondary N) is 1. The predicted octanol–water partition coefficient (Wildman–Crippen LogP) is 2.81. The fourth-order valence-corrected chi connectivity index (χ4v) is 3.71. The normalized spacial score (nSPS) is 30.5. The number of rotatable bonds is 4. The molecule has 0 aromatic heterocycles. The average molecular weight is 256 g/mol. The van der Waals surface area contributed by atoms with Gasteiger partial charge in [0.05, 0.1) is 12.6 Å². The molecule has 0 bridgehead atoms. The molecule has 1 N–H and O–H groups in total. The fraction of sp³-hybridized carbons (Fsp3) is 0.923. The third-order valence-corrected chi connectivity index (χ3v) is 5.12. The van der Waals surface area contributed by atoms with Crippen LogP contribution in [-0.4, -0.2) is 35.7 Å². The van der Waals surface area contributed by atoms with Crippen LogP contribution in [0.5, 0.6) is 0 Å². The Bertz CT molecular complexity index is 271. The predicted molar refractivity (Wildman–Crippen MR) is 74.8 cm³/mol. The van der Waals surface area contributed by atoms with Crippen LogP contribution in [0.1, 0.15) is 46.0 Å². The first-order valence-corrected chi connectivity index (χ1v) is 7.83. The lowest BCUT2D eigenvalue weighted by Gasteiger charge is -2.25. The van der Waals surface area contributed by atoms with Gasteiger partial charge in [-0.1, -0.05) is 25.6 Å². The van der Waals surface area contributed by atoms with Gasteiger partial charge in [-0.05, 0) is 32.1 Å². The minimum absolute atomic E-state index is 0.289. The molecule has 2 heterocycles. The van der Waals surface area contributed by atoms with E-state index in [1.807, 2.05) is 11.8 Å². The summed E-state index contributed by atoms with van der Waals surface area (Å²) in [5.41, 5.74) is 0.289. The van der Waals surface area contributed by atoms with E-state index < -0.39 is 0 Å². The van der Waals surface area contributed by atoms with E-state index in [4.69, 9.17) is 4.74 Å². The van der Waals surface area contributed by atoms with Gasteiger partial charge >= 0.3 is 0 Å². The van der Waals surface area contributed by atoms with E-state index in [1.165, 1.54) is 32.1 Å². The van der Waals surface area contributed by atoms with E-state index in [2.05, 4.69) is 24.2 Å². The minimum atomic E-state index is 0.289.